The normalized spacial score (nSPS) is 24.9. The molecule has 0 spiro atoms. The third kappa shape index (κ3) is 6.28. The Bertz CT molecular complexity index is 1140. The highest BCUT2D eigenvalue weighted by Crippen LogP contribution is 2.46. The van der Waals surface area contributed by atoms with Gasteiger partial charge in [0.25, 0.3) is 0 Å². The molecule has 8 nitrogen and oxygen atoms in total. The van der Waals surface area contributed by atoms with E-state index < -0.39 is 29.7 Å². The van der Waals surface area contributed by atoms with Crippen LogP contribution in [0.4, 0.5) is 4.39 Å². The molecule has 5 atom stereocenters. The van der Waals surface area contributed by atoms with Crippen LogP contribution in [0, 0.1) is 18.7 Å². The van der Waals surface area contributed by atoms with Gasteiger partial charge in [-0.3, -0.25) is 4.79 Å². The van der Waals surface area contributed by atoms with Gasteiger partial charge in [-0.25, -0.2) is 4.39 Å². The fourth-order valence-corrected chi connectivity index (χ4v) is 5.98. The summed E-state index contributed by atoms with van der Waals surface area (Å²) in [5.74, 6) is -0.624. The fraction of sp³-hybridized carbons (Fsp3) is 0.567. The Morgan fingerprint density at radius 3 is 2.69 bits per heavy atom. The first-order valence-corrected chi connectivity index (χ1v) is 13.7. The van der Waals surface area contributed by atoms with Gasteiger partial charge in [-0.1, -0.05) is 29.8 Å². The smallest absolute Gasteiger partial charge is 0.226 e. The summed E-state index contributed by atoms with van der Waals surface area (Å²) in [5, 5.41) is 22.7. The number of ether oxygens (including phenoxy) is 3. The lowest BCUT2D eigenvalue weighted by Crippen LogP contribution is -2.55. The topological polar surface area (TPSA) is 114 Å². The molecular formula is C30H41FN2O6. The molecule has 0 radical (unpaired) electrons. The lowest BCUT2D eigenvalue weighted by atomic mass is 9.78. The van der Waals surface area contributed by atoms with Crippen molar-refractivity contribution in [3.8, 4) is 16.9 Å². The SMILES string of the molecule is COCCCCC(O)(c1c(OC)ccc(F)c1-c1cccc(C)c1)C1CN(C(=O)C2CC(N)C(O)C2)CCO1. The van der Waals surface area contributed by atoms with Gasteiger partial charge >= 0.3 is 0 Å². The zero-order valence-electron chi connectivity index (χ0n) is 23.1. The minimum absolute atomic E-state index is 0.109. The summed E-state index contributed by atoms with van der Waals surface area (Å²) in [6.07, 6.45) is 0.697. The number of morpholine rings is 1. The average molecular weight is 545 g/mol. The van der Waals surface area contributed by atoms with Crippen LogP contribution in [0.3, 0.4) is 0 Å². The van der Waals surface area contributed by atoms with Crippen molar-refractivity contribution in [2.45, 2.75) is 62.9 Å². The van der Waals surface area contributed by atoms with Crippen molar-refractivity contribution >= 4 is 5.91 Å². The Morgan fingerprint density at radius 2 is 2.03 bits per heavy atom. The maximum absolute atomic E-state index is 15.7. The molecule has 0 aromatic heterocycles. The van der Waals surface area contributed by atoms with E-state index in [0.717, 1.165) is 5.56 Å². The molecule has 9 heteroatoms. The lowest BCUT2D eigenvalue weighted by molar-refractivity contribution is -0.168. The Hall–Kier alpha value is -2.56. The molecule has 39 heavy (non-hydrogen) atoms. The number of nitrogens with two attached hydrogens (primary N) is 1. The number of unbranched alkanes of at least 4 members (excludes halogenated alkanes) is 1. The van der Waals surface area contributed by atoms with Crippen LogP contribution in [0.2, 0.25) is 0 Å². The first kappa shape index (κ1) is 29.4. The van der Waals surface area contributed by atoms with Crippen LogP contribution in [0.1, 0.15) is 43.2 Å². The second-order valence-electron chi connectivity index (χ2n) is 10.8. The molecule has 1 heterocycles. The van der Waals surface area contributed by atoms with Crippen molar-refractivity contribution in [2.24, 2.45) is 11.7 Å². The number of methoxy groups -OCH3 is 2. The van der Waals surface area contributed by atoms with Gasteiger partial charge < -0.3 is 35.1 Å². The number of benzene rings is 2. The van der Waals surface area contributed by atoms with Crippen molar-refractivity contribution in [2.75, 3.05) is 40.5 Å². The summed E-state index contributed by atoms with van der Waals surface area (Å²) in [6.45, 7) is 3.14. The van der Waals surface area contributed by atoms with Gasteiger partial charge in [-0.2, -0.15) is 0 Å². The van der Waals surface area contributed by atoms with E-state index in [1.165, 1.54) is 19.2 Å². The van der Waals surface area contributed by atoms with E-state index in [0.29, 0.717) is 55.7 Å². The minimum atomic E-state index is -1.68. The molecule has 1 saturated heterocycles. The van der Waals surface area contributed by atoms with Crippen LogP contribution in [-0.4, -0.2) is 79.8 Å². The number of aliphatic hydroxyl groups is 2. The monoisotopic (exact) mass is 544 g/mol. The quantitative estimate of drug-likeness (QED) is 0.394. The number of rotatable bonds is 10. The number of carbonyl (C=O) groups is 1. The predicted molar refractivity (Wildman–Crippen MR) is 146 cm³/mol. The van der Waals surface area contributed by atoms with E-state index in [4.69, 9.17) is 19.9 Å². The van der Waals surface area contributed by atoms with Crippen LogP contribution in [0.25, 0.3) is 11.1 Å². The summed E-state index contributed by atoms with van der Waals surface area (Å²) in [4.78, 5) is 15.1. The minimum Gasteiger partial charge on any atom is -0.496 e. The van der Waals surface area contributed by atoms with Gasteiger partial charge in [0, 0.05) is 43.3 Å². The standard InChI is InChI=1S/C30H41FN2O6/c1-19-7-6-8-20(15-19)27-22(31)9-10-25(38-3)28(27)30(36,11-4-5-13-37-2)26-18-33(12-14-39-26)29(35)21-16-23(32)24(34)17-21/h6-10,15,21,23-24,26,34,36H,4-5,11-14,16-18,32H2,1-3H3. The number of aliphatic hydroxyl groups excluding tert-OH is 1. The van der Waals surface area contributed by atoms with E-state index >= 15 is 4.39 Å². The number of carbonyl (C=O) groups excluding carboxylic acids is 1. The number of amides is 1. The lowest BCUT2D eigenvalue weighted by Gasteiger charge is -2.44. The predicted octanol–water partition coefficient (Wildman–Crippen LogP) is 3.14. The number of hydrogen-bond acceptors (Lipinski definition) is 7. The Labute approximate surface area is 229 Å². The molecule has 5 unspecified atom stereocenters. The second kappa shape index (κ2) is 12.7. The van der Waals surface area contributed by atoms with Gasteiger partial charge in [0.15, 0.2) is 0 Å². The molecule has 2 aliphatic rings. The first-order chi connectivity index (χ1) is 18.7. The van der Waals surface area contributed by atoms with Crippen molar-refractivity contribution in [3.63, 3.8) is 0 Å². The number of aryl methyl sites for hydroxylation is 1. The summed E-state index contributed by atoms with van der Waals surface area (Å²) >= 11 is 0. The highest BCUT2D eigenvalue weighted by molar-refractivity contribution is 5.79. The molecule has 1 amide bonds. The van der Waals surface area contributed by atoms with Gasteiger partial charge in [0.05, 0.1) is 26.4 Å². The Kier molecular flexibility index (Phi) is 9.61. The molecular weight excluding hydrogens is 503 g/mol. The number of nitrogens with zero attached hydrogens (tertiary/aromatic N) is 1. The molecule has 1 aliphatic heterocycles. The van der Waals surface area contributed by atoms with E-state index in [9.17, 15) is 15.0 Å². The zero-order chi connectivity index (χ0) is 28.2. The maximum Gasteiger partial charge on any atom is 0.226 e. The third-order valence-electron chi connectivity index (χ3n) is 8.07. The largest absolute Gasteiger partial charge is 0.496 e. The second-order valence-corrected chi connectivity index (χ2v) is 10.8. The van der Waals surface area contributed by atoms with Crippen molar-refractivity contribution in [1.29, 1.82) is 0 Å². The van der Waals surface area contributed by atoms with Crippen LogP contribution in [0.5, 0.6) is 5.75 Å². The maximum atomic E-state index is 15.7. The van der Waals surface area contributed by atoms with E-state index in [2.05, 4.69) is 0 Å². The third-order valence-corrected chi connectivity index (χ3v) is 8.07. The molecule has 4 rings (SSSR count). The van der Waals surface area contributed by atoms with Crippen molar-refractivity contribution < 1.29 is 33.6 Å². The highest BCUT2D eigenvalue weighted by atomic mass is 19.1. The molecule has 2 fully saturated rings. The van der Waals surface area contributed by atoms with Crippen LogP contribution < -0.4 is 10.5 Å². The summed E-state index contributed by atoms with van der Waals surface area (Å²) in [7, 11) is 3.12. The van der Waals surface area contributed by atoms with E-state index in [-0.39, 0.29) is 37.0 Å². The Balaban J connectivity index is 1.76. The number of hydrogen-bond donors (Lipinski definition) is 3. The number of halogens is 1. The van der Waals surface area contributed by atoms with Crippen molar-refractivity contribution in [1.82, 2.24) is 4.90 Å². The Morgan fingerprint density at radius 1 is 1.23 bits per heavy atom. The average Bonchev–Trinajstić information content (AvgIpc) is 3.28. The highest BCUT2D eigenvalue weighted by Gasteiger charge is 2.47. The molecule has 214 valence electrons. The van der Waals surface area contributed by atoms with Gasteiger partial charge in [0.1, 0.15) is 23.3 Å². The molecule has 2 aromatic carbocycles. The first-order valence-electron chi connectivity index (χ1n) is 13.7. The van der Waals surface area contributed by atoms with Gasteiger partial charge in [0.2, 0.25) is 5.91 Å². The molecule has 2 aromatic rings. The van der Waals surface area contributed by atoms with Gasteiger partial charge in [-0.05, 0) is 56.7 Å². The molecule has 1 saturated carbocycles. The van der Waals surface area contributed by atoms with E-state index in [1.807, 2.05) is 31.2 Å². The van der Waals surface area contributed by atoms with Crippen LogP contribution in [-0.2, 0) is 19.9 Å². The summed E-state index contributed by atoms with van der Waals surface area (Å²) in [6, 6.07) is 9.91. The summed E-state index contributed by atoms with van der Waals surface area (Å²) in [5.41, 5.74) is 6.43. The molecule has 1 aliphatic carbocycles. The van der Waals surface area contributed by atoms with Gasteiger partial charge in [-0.15, -0.1) is 0 Å². The summed E-state index contributed by atoms with van der Waals surface area (Å²) < 4.78 is 32.8. The zero-order valence-corrected chi connectivity index (χ0v) is 23.1. The van der Waals surface area contributed by atoms with Crippen molar-refractivity contribution in [3.05, 3.63) is 53.3 Å². The fourth-order valence-electron chi connectivity index (χ4n) is 5.98. The van der Waals surface area contributed by atoms with E-state index in [1.54, 1.807) is 12.0 Å². The molecule has 4 N–H and O–H groups in total. The van der Waals surface area contributed by atoms with Crippen LogP contribution in [0.15, 0.2) is 36.4 Å². The molecule has 0 bridgehead atoms. The van der Waals surface area contributed by atoms with Crippen LogP contribution >= 0.6 is 0 Å².